The SMILES string of the molecule is CCNC(C)c1cccc(S(=O)(=O)NCC(C)OCC)c1. The number of ether oxygens (including phenoxy) is 1. The Morgan fingerprint density at radius 3 is 2.57 bits per heavy atom. The standard InChI is InChI=1S/C15H26N2O3S/c1-5-16-13(4)14-8-7-9-15(10-14)21(18,19)17-11-12(3)20-6-2/h7-10,12-13,16-17H,5-6,11H2,1-4H3. The molecule has 0 heterocycles. The molecular formula is C15H26N2O3S. The summed E-state index contributed by atoms with van der Waals surface area (Å²) in [6.07, 6.45) is -0.145. The highest BCUT2D eigenvalue weighted by molar-refractivity contribution is 7.89. The quantitative estimate of drug-likeness (QED) is 0.732. The first-order chi connectivity index (χ1) is 9.90. The molecule has 0 aromatic heterocycles. The summed E-state index contributed by atoms with van der Waals surface area (Å²) in [6, 6.07) is 7.13. The fourth-order valence-electron chi connectivity index (χ4n) is 2.03. The van der Waals surface area contributed by atoms with Crippen LogP contribution in [-0.2, 0) is 14.8 Å². The van der Waals surface area contributed by atoms with E-state index in [2.05, 4.69) is 10.0 Å². The molecule has 0 aliphatic heterocycles. The van der Waals surface area contributed by atoms with Crippen LogP contribution >= 0.6 is 0 Å². The first-order valence-corrected chi connectivity index (χ1v) is 8.83. The molecule has 120 valence electrons. The van der Waals surface area contributed by atoms with Crippen LogP contribution in [0.4, 0.5) is 0 Å². The smallest absolute Gasteiger partial charge is 0.240 e. The molecule has 1 aromatic rings. The zero-order chi connectivity index (χ0) is 15.9. The second-order valence-electron chi connectivity index (χ2n) is 4.97. The van der Waals surface area contributed by atoms with Crippen LogP contribution in [0.25, 0.3) is 0 Å². The summed E-state index contributed by atoms with van der Waals surface area (Å²) in [4.78, 5) is 0.286. The van der Waals surface area contributed by atoms with E-state index in [1.165, 1.54) is 0 Å². The van der Waals surface area contributed by atoms with Crippen molar-refractivity contribution in [1.82, 2.24) is 10.0 Å². The van der Waals surface area contributed by atoms with Gasteiger partial charge in [0.1, 0.15) is 0 Å². The molecule has 2 unspecified atom stereocenters. The Balaban J connectivity index is 2.81. The summed E-state index contributed by atoms with van der Waals surface area (Å²) in [5, 5.41) is 3.27. The number of hydrogen-bond acceptors (Lipinski definition) is 4. The molecule has 0 spiro atoms. The summed E-state index contributed by atoms with van der Waals surface area (Å²) in [5.74, 6) is 0. The number of rotatable bonds is 9. The molecule has 0 radical (unpaired) electrons. The Morgan fingerprint density at radius 2 is 1.95 bits per heavy atom. The topological polar surface area (TPSA) is 67.4 Å². The lowest BCUT2D eigenvalue weighted by Crippen LogP contribution is -2.32. The van der Waals surface area contributed by atoms with Crippen LogP contribution in [0.1, 0.15) is 39.3 Å². The maximum Gasteiger partial charge on any atom is 0.240 e. The second-order valence-corrected chi connectivity index (χ2v) is 6.74. The molecule has 0 amide bonds. The van der Waals surface area contributed by atoms with Crippen LogP contribution in [0, 0.1) is 0 Å². The van der Waals surface area contributed by atoms with Gasteiger partial charge in [-0.05, 0) is 45.0 Å². The van der Waals surface area contributed by atoms with Crippen LogP contribution in [0.5, 0.6) is 0 Å². The Hall–Kier alpha value is -0.950. The second kappa shape index (κ2) is 8.48. The minimum Gasteiger partial charge on any atom is -0.377 e. The minimum absolute atomic E-state index is 0.118. The van der Waals surface area contributed by atoms with Crippen molar-refractivity contribution in [2.45, 2.75) is 44.7 Å². The molecule has 0 aliphatic carbocycles. The molecule has 21 heavy (non-hydrogen) atoms. The molecule has 2 N–H and O–H groups in total. The van der Waals surface area contributed by atoms with Gasteiger partial charge in [0.15, 0.2) is 0 Å². The molecule has 0 saturated heterocycles. The largest absolute Gasteiger partial charge is 0.377 e. The molecular weight excluding hydrogens is 288 g/mol. The van der Waals surface area contributed by atoms with Crippen molar-refractivity contribution in [3.63, 3.8) is 0 Å². The van der Waals surface area contributed by atoms with Gasteiger partial charge in [-0.2, -0.15) is 0 Å². The molecule has 0 saturated carbocycles. The molecule has 1 rings (SSSR count). The summed E-state index contributed by atoms with van der Waals surface area (Å²) >= 11 is 0. The van der Waals surface area contributed by atoms with Gasteiger partial charge >= 0.3 is 0 Å². The predicted molar refractivity (Wildman–Crippen MR) is 84.8 cm³/mol. The molecule has 0 fully saturated rings. The van der Waals surface area contributed by atoms with Crippen molar-refractivity contribution in [3.8, 4) is 0 Å². The van der Waals surface area contributed by atoms with Crippen molar-refractivity contribution in [2.24, 2.45) is 0 Å². The van der Waals surface area contributed by atoms with Gasteiger partial charge in [-0.15, -0.1) is 0 Å². The summed E-state index contributed by atoms with van der Waals surface area (Å²) < 4.78 is 32.5. The fraction of sp³-hybridized carbons (Fsp3) is 0.600. The highest BCUT2D eigenvalue weighted by Gasteiger charge is 2.16. The van der Waals surface area contributed by atoms with Gasteiger partial charge in [0.05, 0.1) is 11.0 Å². The van der Waals surface area contributed by atoms with Gasteiger partial charge in [0.2, 0.25) is 10.0 Å². The molecule has 0 aliphatic rings. The maximum absolute atomic E-state index is 12.3. The molecule has 2 atom stereocenters. The summed E-state index contributed by atoms with van der Waals surface area (Å²) in [5.41, 5.74) is 0.956. The van der Waals surface area contributed by atoms with Crippen LogP contribution in [0.3, 0.4) is 0 Å². The van der Waals surface area contributed by atoms with E-state index < -0.39 is 10.0 Å². The average molecular weight is 314 g/mol. The molecule has 1 aromatic carbocycles. The number of benzene rings is 1. The highest BCUT2D eigenvalue weighted by atomic mass is 32.2. The third kappa shape index (κ3) is 5.74. The highest BCUT2D eigenvalue weighted by Crippen LogP contribution is 2.17. The van der Waals surface area contributed by atoms with E-state index in [-0.39, 0.29) is 23.6 Å². The van der Waals surface area contributed by atoms with Crippen LogP contribution in [0.2, 0.25) is 0 Å². The van der Waals surface area contributed by atoms with E-state index in [1.54, 1.807) is 18.2 Å². The lowest BCUT2D eigenvalue weighted by molar-refractivity contribution is 0.0799. The van der Waals surface area contributed by atoms with Crippen molar-refractivity contribution in [3.05, 3.63) is 29.8 Å². The van der Waals surface area contributed by atoms with Crippen molar-refractivity contribution in [2.75, 3.05) is 19.7 Å². The first kappa shape index (κ1) is 18.1. The summed E-state index contributed by atoms with van der Waals surface area (Å²) in [6.45, 7) is 9.43. The van der Waals surface area contributed by atoms with E-state index in [0.29, 0.717) is 6.61 Å². The molecule has 6 heteroatoms. The van der Waals surface area contributed by atoms with E-state index >= 15 is 0 Å². The van der Waals surface area contributed by atoms with Gasteiger partial charge in [-0.25, -0.2) is 13.1 Å². The molecule has 5 nitrogen and oxygen atoms in total. The van der Waals surface area contributed by atoms with E-state index in [4.69, 9.17) is 4.74 Å². The van der Waals surface area contributed by atoms with Crippen LogP contribution < -0.4 is 10.0 Å². The lowest BCUT2D eigenvalue weighted by atomic mass is 10.1. The zero-order valence-electron chi connectivity index (χ0n) is 13.2. The third-order valence-corrected chi connectivity index (χ3v) is 4.61. The van der Waals surface area contributed by atoms with E-state index in [9.17, 15) is 8.42 Å². The number of hydrogen-bond donors (Lipinski definition) is 2. The Kier molecular flexibility index (Phi) is 7.31. The summed E-state index contributed by atoms with van der Waals surface area (Å²) in [7, 11) is -3.50. The van der Waals surface area contributed by atoms with Crippen LogP contribution in [-0.4, -0.2) is 34.2 Å². The van der Waals surface area contributed by atoms with Crippen molar-refractivity contribution in [1.29, 1.82) is 0 Å². The monoisotopic (exact) mass is 314 g/mol. The van der Waals surface area contributed by atoms with Gasteiger partial charge in [-0.1, -0.05) is 19.1 Å². The number of nitrogens with one attached hydrogen (secondary N) is 2. The predicted octanol–water partition coefficient (Wildman–Crippen LogP) is 2.06. The Morgan fingerprint density at radius 1 is 1.24 bits per heavy atom. The molecule has 0 bridgehead atoms. The maximum atomic E-state index is 12.3. The Bertz CT molecular complexity index is 531. The lowest BCUT2D eigenvalue weighted by Gasteiger charge is -2.15. The number of sulfonamides is 1. The fourth-order valence-corrected chi connectivity index (χ4v) is 3.20. The van der Waals surface area contributed by atoms with Crippen molar-refractivity contribution < 1.29 is 13.2 Å². The average Bonchev–Trinajstić information content (AvgIpc) is 2.46. The minimum atomic E-state index is -3.50. The van der Waals surface area contributed by atoms with Gasteiger partial charge in [0.25, 0.3) is 0 Å². The third-order valence-electron chi connectivity index (χ3n) is 3.19. The van der Waals surface area contributed by atoms with E-state index in [1.807, 2.05) is 33.8 Å². The zero-order valence-corrected chi connectivity index (χ0v) is 14.0. The van der Waals surface area contributed by atoms with Crippen LogP contribution in [0.15, 0.2) is 29.2 Å². The van der Waals surface area contributed by atoms with Gasteiger partial charge in [-0.3, -0.25) is 0 Å². The van der Waals surface area contributed by atoms with Crippen molar-refractivity contribution >= 4 is 10.0 Å². The van der Waals surface area contributed by atoms with Gasteiger partial charge in [0, 0.05) is 19.2 Å². The van der Waals surface area contributed by atoms with Gasteiger partial charge < -0.3 is 10.1 Å². The first-order valence-electron chi connectivity index (χ1n) is 7.35. The van der Waals surface area contributed by atoms with E-state index in [0.717, 1.165) is 12.1 Å². The normalized spacial score (nSPS) is 14.9. The Labute approximate surface area is 128 Å².